The normalized spacial score (nSPS) is 23.7. The highest BCUT2D eigenvalue weighted by atomic mass is 35.5. The van der Waals surface area contributed by atoms with Gasteiger partial charge in [-0.05, 0) is 25.1 Å². The van der Waals surface area contributed by atoms with Crippen molar-refractivity contribution in [2.75, 3.05) is 11.9 Å². The van der Waals surface area contributed by atoms with Gasteiger partial charge < -0.3 is 5.32 Å². The molecule has 0 saturated carbocycles. The number of hydrazine groups is 1. The Morgan fingerprint density at radius 3 is 2.76 bits per heavy atom. The summed E-state index contributed by atoms with van der Waals surface area (Å²) in [6, 6.07) is 5.14. The van der Waals surface area contributed by atoms with Crippen LogP contribution in [-0.4, -0.2) is 18.5 Å². The number of rotatable bonds is 2. The van der Waals surface area contributed by atoms with Crippen molar-refractivity contribution in [3.8, 4) is 0 Å². The van der Waals surface area contributed by atoms with Gasteiger partial charge in [0.05, 0.1) is 16.0 Å². The van der Waals surface area contributed by atoms with E-state index in [2.05, 4.69) is 16.2 Å². The highest BCUT2D eigenvalue weighted by Gasteiger charge is 2.29. The predicted molar refractivity (Wildman–Crippen MR) is 69.2 cm³/mol. The van der Waals surface area contributed by atoms with Crippen molar-refractivity contribution in [2.24, 2.45) is 5.92 Å². The maximum atomic E-state index is 12.0. The van der Waals surface area contributed by atoms with Crippen LogP contribution in [0.25, 0.3) is 0 Å². The topological polar surface area (TPSA) is 53.2 Å². The number of anilines is 1. The van der Waals surface area contributed by atoms with Crippen molar-refractivity contribution in [3.63, 3.8) is 0 Å². The zero-order valence-corrected chi connectivity index (χ0v) is 10.8. The van der Waals surface area contributed by atoms with Gasteiger partial charge in [0.2, 0.25) is 5.91 Å². The molecule has 1 aromatic carbocycles. The summed E-state index contributed by atoms with van der Waals surface area (Å²) in [5.41, 5.74) is 6.61. The molecule has 1 fully saturated rings. The smallest absolute Gasteiger partial charge is 0.230 e. The zero-order valence-electron chi connectivity index (χ0n) is 9.26. The molecule has 92 valence electrons. The molecule has 2 unspecified atom stereocenters. The Morgan fingerprint density at radius 1 is 1.41 bits per heavy atom. The van der Waals surface area contributed by atoms with Crippen LogP contribution in [0.3, 0.4) is 0 Å². The van der Waals surface area contributed by atoms with Gasteiger partial charge in [-0.1, -0.05) is 23.2 Å². The molecule has 1 saturated heterocycles. The molecule has 3 N–H and O–H groups in total. The molecule has 0 radical (unpaired) electrons. The molecule has 2 rings (SSSR count). The number of carbonyl (C=O) groups excluding carboxylic acids is 1. The zero-order chi connectivity index (χ0) is 12.4. The van der Waals surface area contributed by atoms with Crippen LogP contribution in [0.1, 0.15) is 6.92 Å². The van der Waals surface area contributed by atoms with Crippen molar-refractivity contribution in [1.29, 1.82) is 0 Å². The number of carbonyl (C=O) groups is 1. The van der Waals surface area contributed by atoms with Crippen molar-refractivity contribution in [2.45, 2.75) is 13.0 Å². The van der Waals surface area contributed by atoms with Crippen LogP contribution in [0.15, 0.2) is 18.2 Å². The van der Waals surface area contributed by atoms with Gasteiger partial charge in [-0.15, -0.1) is 0 Å². The van der Waals surface area contributed by atoms with Gasteiger partial charge in [-0.3, -0.25) is 15.6 Å². The third kappa shape index (κ3) is 2.90. The lowest BCUT2D eigenvalue weighted by atomic mass is 10.0. The standard InChI is InChI=1S/C11H13Cl2N3O/c1-6-8(5-14-16-6)11(17)15-7-2-3-9(12)10(13)4-7/h2-4,6,8,14,16H,5H2,1H3,(H,15,17). The van der Waals surface area contributed by atoms with E-state index in [0.29, 0.717) is 22.3 Å². The molecule has 17 heavy (non-hydrogen) atoms. The van der Waals surface area contributed by atoms with Gasteiger partial charge in [0, 0.05) is 18.3 Å². The molecular formula is C11H13Cl2N3O. The van der Waals surface area contributed by atoms with Gasteiger partial charge in [-0.2, -0.15) is 0 Å². The van der Waals surface area contributed by atoms with Crippen molar-refractivity contribution in [3.05, 3.63) is 28.2 Å². The first kappa shape index (κ1) is 12.6. The van der Waals surface area contributed by atoms with Crippen LogP contribution in [0.4, 0.5) is 5.69 Å². The minimum Gasteiger partial charge on any atom is -0.326 e. The summed E-state index contributed by atoms with van der Waals surface area (Å²) in [7, 11) is 0. The van der Waals surface area contributed by atoms with Crippen LogP contribution in [0.5, 0.6) is 0 Å². The third-order valence-corrected chi connectivity index (χ3v) is 3.52. The SMILES string of the molecule is CC1NNCC1C(=O)Nc1ccc(Cl)c(Cl)c1. The predicted octanol–water partition coefficient (Wildman–Crippen LogP) is 2.04. The van der Waals surface area contributed by atoms with Crippen LogP contribution < -0.4 is 16.2 Å². The quantitative estimate of drug-likeness (QED) is 0.773. The van der Waals surface area contributed by atoms with E-state index < -0.39 is 0 Å². The summed E-state index contributed by atoms with van der Waals surface area (Å²) < 4.78 is 0. The Bertz CT molecular complexity index is 439. The molecular weight excluding hydrogens is 261 g/mol. The Kier molecular flexibility index (Phi) is 3.89. The molecule has 1 aromatic rings. The van der Waals surface area contributed by atoms with E-state index in [1.807, 2.05) is 6.92 Å². The summed E-state index contributed by atoms with van der Waals surface area (Å²) in [6.45, 7) is 2.58. The van der Waals surface area contributed by atoms with Crippen molar-refractivity contribution < 1.29 is 4.79 Å². The first-order chi connectivity index (χ1) is 8.08. The molecule has 6 heteroatoms. The molecule has 0 aliphatic carbocycles. The Labute approximate surface area is 110 Å². The molecule has 1 amide bonds. The highest BCUT2D eigenvalue weighted by molar-refractivity contribution is 6.42. The summed E-state index contributed by atoms with van der Waals surface area (Å²) in [5.74, 6) is -0.127. The van der Waals surface area contributed by atoms with E-state index in [1.54, 1.807) is 18.2 Å². The fourth-order valence-corrected chi connectivity index (χ4v) is 2.03. The monoisotopic (exact) mass is 273 g/mol. The van der Waals surface area contributed by atoms with E-state index in [4.69, 9.17) is 23.2 Å². The van der Waals surface area contributed by atoms with E-state index >= 15 is 0 Å². The van der Waals surface area contributed by atoms with E-state index in [0.717, 1.165) is 0 Å². The third-order valence-electron chi connectivity index (χ3n) is 2.78. The van der Waals surface area contributed by atoms with Crippen molar-refractivity contribution >= 4 is 34.8 Å². The summed E-state index contributed by atoms with van der Waals surface area (Å²) >= 11 is 11.7. The fourth-order valence-electron chi connectivity index (χ4n) is 1.74. The molecule has 1 heterocycles. The maximum Gasteiger partial charge on any atom is 0.230 e. The van der Waals surface area contributed by atoms with Gasteiger partial charge in [-0.25, -0.2) is 0 Å². The average molecular weight is 274 g/mol. The second kappa shape index (κ2) is 5.23. The second-order valence-electron chi connectivity index (χ2n) is 4.04. The molecule has 1 aliphatic heterocycles. The minimum atomic E-state index is -0.0931. The molecule has 0 spiro atoms. The lowest BCUT2D eigenvalue weighted by molar-refractivity contribution is -0.119. The molecule has 2 atom stereocenters. The van der Waals surface area contributed by atoms with Crippen LogP contribution in [-0.2, 0) is 4.79 Å². The fraction of sp³-hybridized carbons (Fsp3) is 0.364. The van der Waals surface area contributed by atoms with Gasteiger partial charge in [0.15, 0.2) is 0 Å². The lowest BCUT2D eigenvalue weighted by Gasteiger charge is -2.14. The maximum absolute atomic E-state index is 12.0. The lowest BCUT2D eigenvalue weighted by Crippen LogP contribution is -2.33. The van der Waals surface area contributed by atoms with E-state index in [9.17, 15) is 4.79 Å². The van der Waals surface area contributed by atoms with Crippen LogP contribution in [0, 0.1) is 5.92 Å². The molecule has 1 aliphatic rings. The Hall–Kier alpha value is -0.810. The minimum absolute atomic E-state index is 0.0339. The number of hydrogen-bond donors (Lipinski definition) is 3. The van der Waals surface area contributed by atoms with Crippen molar-refractivity contribution in [1.82, 2.24) is 10.9 Å². The first-order valence-electron chi connectivity index (χ1n) is 5.32. The average Bonchev–Trinajstić information content (AvgIpc) is 2.70. The summed E-state index contributed by atoms with van der Waals surface area (Å²) in [6.07, 6.45) is 0. The number of halogens is 2. The van der Waals surface area contributed by atoms with Crippen LogP contribution in [0.2, 0.25) is 10.0 Å². The van der Waals surface area contributed by atoms with E-state index in [-0.39, 0.29) is 17.9 Å². The summed E-state index contributed by atoms with van der Waals surface area (Å²) in [5, 5.41) is 3.73. The first-order valence-corrected chi connectivity index (χ1v) is 6.08. The second-order valence-corrected chi connectivity index (χ2v) is 4.85. The highest BCUT2D eigenvalue weighted by Crippen LogP contribution is 2.25. The summed E-state index contributed by atoms with van der Waals surface area (Å²) in [4.78, 5) is 12.0. The molecule has 0 aromatic heterocycles. The number of nitrogens with one attached hydrogen (secondary N) is 3. The largest absolute Gasteiger partial charge is 0.326 e. The van der Waals surface area contributed by atoms with Gasteiger partial charge in [0.1, 0.15) is 0 Å². The van der Waals surface area contributed by atoms with Crippen LogP contribution >= 0.6 is 23.2 Å². The Morgan fingerprint density at radius 2 is 2.18 bits per heavy atom. The molecule has 4 nitrogen and oxygen atoms in total. The van der Waals surface area contributed by atoms with E-state index in [1.165, 1.54) is 0 Å². The van der Waals surface area contributed by atoms with Gasteiger partial charge in [0.25, 0.3) is 0 Å². The molecule has 0 bridgehead atoms. The number of amides is 1. The Balaban J connectivity index is 2.05. The number of benzene rings is 1. The van der Waals surface area contributed by atoms with Gasteiger partial charge >= 0.3 is 0 Å². The number of hydrogen-bond acceptors (Lipinski definition) is 3.